The first-order chi connectivity index (χ1) is 9.89. The molecule has 1 heterocycles. The first-order valence-electron chi connectivity index (χ1n) is 7.20. The molecule has 1 aliphatic heterocycles. The van der Waals surface area contributed by atoms with Crippen LogP contribution in [0.5, 0.6) is 0 Å². The van der Waals surface area contributed by atoms with Crippen molar-refractivity contribution < 1.29 is 18.3 Å². The van der Waals surface area contributed by atoms with Crippen LogP contribution in [0.15, 0.2) is 29.2 Å². The van der Waals surface area contributed by atoms with Crippen LogP contribution in [-0.4, -0.2) is 36.9 Å². The molecule has 116 valence electrons. The number of benzene rings is 1. The first-order valence-corrected chi connectivity index (χ1v) is 8.64. The lowest BCUT2D eigenvalue weighted by Crippen LogP contribution is -2.39. The molecule has 5 nitrogen and oxygen atoms in total. The topological polar surface area (TPSA) is 74.7 Å². The Bertz CT molecular complexity index is 595. The summed E-state index contributed by atoms with van der Waals surface area (Å²) in [6, 6.07) is 6.55. The Morgan fingerprint density at radius 1 is 1.33 bits per heavy atom. The zero-order valence-corrected chi connectivity index (χ0v) is 13.0. The van der Waals surface area contributed by atoms with Crippen LogP contribution in [-0.2, 0) is 21.2 Å². The van der Waals surface area contributed by atoms with E-state index in [0.29, 0.717) is 25.4 Å². The zero-order valence-electron chi connectivity index (χ0n) is 12.2. The smallest absolute Gasteiger partial charge is 0.303 e. The minimum absolute atomic E-state index is 0.0513. The van der Waals surface area contributed by atoms with E-state index in [1.165, 1.54) is 0 Å². The van der Waals surface area contributed by atoms with Gasteiger partial charge in [-0.05, 0) is 42.9 Å². The van der Waals surface area contributed by atoms with Gasteiger partial charge in [0.1, 0.15) is 0 Å². The van der Waals surface area contributed by atoms with Crippen LogP contribution in [0.3, 0.4) is 0 Å². The number of aliphatic carboxylic acids is 1. The van der Waals surface area contributed by atoms with E-state index in [9.17, 15) is 13.2 Å². The third-order valence-electron chi connectivity index (χ3n) is 3.81. The van der Waals surface area contributed by atoms with E-state index in [1.807, 2.05) is 0 Å². The summed E-state index contributed by atoms with van der Waals surface area (Å²) in [5.74, 6) is -0.461. The molecular formula is C15H21NO4S. The van der Waals surface area contributed by atoms with Gasteiger partial charge in [-0.1, -0.05) is 19.1 Å². The lowest BCUT2D eigenvalue weighted by Gasteiger charge is -2.30. The van der Waals surface area contributed by atoms with Crippen molar-refractivity contribution in [1.82, 2.24) is 4.31 Å². The van der Waals surface area contributed by atoms with Gasteiger partial charge in [0.15, 0.2) is 0 Å². The molecule has 0 aliphatic carbocycles. The molecule has 0 unspecified atom stereocenters. The van der Waals surface area contributed by atoms with E-state index >= 15 is 0 Å². The van der Waals surface area contributed by atoms with Gasteiger partial charge in [0, 0.05) is 19.5 Å². The molecule has 1 atom stereocenters. The van der Waals surface area contributed by atoms with Crippen molar-refractivity contribution in [3.05, 3.63) is 29.8 Å². The fraction of sp³-hybridized carbons (Fsp3) is 0.533. The molecule has 1 aromatic carbocycles. The Kier molecular flexibility index (Phi) is 5.00. The van der Waals surface area contributed by atoms with E-state index in [-0.39, 0.29) is 11.3 Å². The van der Waals surface area contributed by atoms with Gasteiger partial charge >= 0.3 is 5.97 Å². The van der Waals surface area contributed by atoms with E-state index in [4.69, 9.17) is 5.11 Å². The number of aryl methyl sites for hydroxylation is 1. The number of carboxylic acids is 1. The van der Waals surface area contributed by atoms with Crippen LogP contribution in [0.4, 0.5) is 0 Å². The van der Waals surface area contributed by atoms with Crippen LogP contribution in [0.25, 0.3) is 0 Å². The summed E-state index contributed by atoms with van der Waals surface area (Å²) < 4.78 is 26.6. The maximum Gasteiger partial charge on any atom is 0.303 e. The summed E-state index contributed by atoms with van der Waals surface area (Å²) in [6.07, 6.45) is 2.43. The molecule has 0 radical (unpaired) electrons. The van der Waals surface area contributed by atoms with Gasteiger partial charge in [-0.2, -0.15) is 4.31 Å². The van der Waals surface area contributed by atoms with Gasteiger partial charge in [0.25, 0.3) is 0 Å². The van der Waals surface area contributed by atoms with Crippen LogP contribution in [0.1, 0.15) is 31.7 Å². The third-order valence-corrected chi connectivity index (χ3v) is 5.69. The van der Waals surface area contributed by atoms with E-state index in [0.717, 1.165) is 18.4 Å². The zero-order chi connectivity index (χ0) is 15.5. The number of piperidine rings is 1. The molecule has 1 aliphatic rings. The molecule has 1 aromatic rings. The minimum atomic E-state index is -3.43. The second-order valence-corrected chi connectivity index (χ2v) is 7.59. The van der Waals surface area contributed by atoms with Gasteiger partial charge in [-0.15, -0.1) is 0 Å². The van der Waals surface area contributed by atoms with Crippen LogP contribution in [0.2, 0.25) is 0 Å². The van der Waals surface area contributed by atoms with E-state index in [2.05, 4.69) is 6.92 Å². The molecule has 6 heteroatoms. The highest BCUT2D eigenvalue weighted by Crippen LogP contribution is 2.23. The SMILES string of the molecule is C[C@H]1CCCN(S(=O)(=O)c2ccc(CCC(=O)O)cc2)C1. The van der Waals surface area contributed by atoms with Gasteiger partial charge in [-0.3, -0.25) is 4.79 Å². The minimum Gasteiger partial charge on any atom is -0.481 e. The molecule has 21 heavy (non-hydrogen) atoms. The summed E-state index contributed by atoms with van der Waals surface area (Å²) in [5, 5.41) is 8.65. The summed E-state index contributed by atoms with van der Waals surface area (Å²) in [7, 11) is -3.43. The maximum atomic E-state index is 12.5. The van der Waals surface area contributed by atoms with Gasteiger partial charge < -0.3 is 5.11 Å². The Hall–Kier alpha value is -1.40. The summed E-state index contributed by atoms with van der Waals surface area (Å²) >= 11 is 0. The Morgan fingerprint density at radius 2 is 2.00 bits per heavy atom. The third kappa shape index (κ3) is 4.04. The molecular weight excluding hydrogens is 290 g/mol. The number of carbonyl (C=O) groups is 1. The normalized spacial score (nSPS) is 20.3. The van der Waals surface area contributed by atoms with Gasteiger partial charge in [0.05, 0.1) is 4.90 Å². The predicted molar refractivity (Wildman–Crippen MR) is 79.6 cm³/mol. The van der Waals surface area contributed by atoms with Crippen molar-refractivity contribution in [3.63, 3.8) is 0 Å². The first kappa shape index (κ1) is 16.0. The molecule has 0 aromatic heterocycles. The highest BCUT2D eigenvalue weighted by atomic mass is 32.2. The number of hydrogen-bond acceptors (Lipinski definition) is 3. The fourth-order valence-electron chi connectivity index (χ4n) is 2.59. The average Bonchev–Trinajstić information content (AvgIpc) is 2.45. The number of sulfonamides is 1. The lowest BCUT2D eigenvalue weighted by molar-refractivity contribution is -0.136. The number of carboxylic acid groups (broad SMARTS) is 1. The highest BCUT2D eigenvalue weighted by Gasteiger charge is 2.28. The Morgan fingerprint density at radius 3 is 2.57 bits per heavy atom. The van der Waals surface area contributed by atoms with Crippen LogP contribution in [0, 0.1) is 5.92 Å². The molecule has 1 N–H and O–H groups in total. The van der Waals surface area contributed by atoms with Crippen molar-refractivity contribution in [1.29, 1.82) is 0 Å². The van der Waals surface area contributed by atoms with Crippen molar-refractivity contribution in [2.45, 2.75) is 37.5 Å². The molecule has 0 amide bonds. The molecule has 0 bridgehead atoms. The quantitative estimate of drug-likeness (QED) is 0.904. The van der Waals surface area contributed by atoms with Gasteiger partial charge in [0.2, 0.25) is 10.0 Å². The Balaban J connectivity index is 2.11. The Labute approximate surface area is 125 Å². The maximum absolute atomic E-state index is 12.5. The standard InChI is InChI=1S/C15H21NO4S/c1-12-3-2-10-16(11-12)21(19,20)14-7-4-13(5-8-14)6-9-15(17)18/h4-5,7-8,12H,2-3,6,9-11H2,1H3,(H,17,18)/t12-/m0/s1. The van der Waals surface area contributed by atoms with Gasteiger partial charge in [-0.25, -0.2) is 8.42 Å². The predicted octanol–water partition coefficient (Wildman–Crippen LogP) is 2.12. The largest absolute Gasteiger partial charge is 0.481 e. The second-order valence-electron chi connectivity index (χ2n) is 5.65. The number of rotatable bonds is 5. The highest BCUT2D eigenvalue weighted by molar-refractivity contribution is 7.89. The summed E-state index contributed by atoms with van der Waals surface area (Å²) in [4.78, 5) is 10.8. The van der Waals surface area contributed by atoms with E-state index in [1.54, 1.807) is 28.6 Å². The van der Waals surface area contributed by atoms with Crippen LogP contribution >= 0.6 is 0 Å². The molecule has 1 fully saturated rings. The van der Waals surface area contributed by atoms with Crippen molar-refractivity contribution >= 4 is 16.0 Å². The van der Waals surface area contributed by atoms with E-state index < -0.39 is 16.0 Å². The molecule has 0 saturated carbocycles. The second kappa shape index (κ2) is 6.58. The average molecular weight is 311 g/mol. The number of hydrogen-bond donors (Lipinski definition) is 1. The molecule has 2 rings (SSSR count). The molecule has 0 spiro atoms. The number of nitrogens with zero attached hydrogens (tertiary/aromatic N) is 1. The lowest BCUT2D eigenvalue weighted by atomic mass is 10.0. The molecule has 1 saturated heterocycles. The van der Waals surface area contributed by atoms with Crippen molar-refractivity contribution in [3.8, 4) is 0 Å². The van der Waals surface area contributed by atoms with Crippen LogP contribution < -0.4 is 0 Å². The monoisotopic (exact) mass is 311 g/mol. The fourth-order valence-corrected chi connectivity index (χ4v) is 4.19. The summed E-state index contributed by atoms with van der Waals surface area (Å²) in [5.41, 5.74) is 0.836. The van der Waals surface area contributed by atoms with Crippen molar-refractivity contribution in [2.24, 2.45) is 5.92 Å². The van der Waals surface area contributed by atoms with Crippen molar-refractivity contribution in [2.75, 3.05) is 13.1 Å². The summed E-state index contributed by atoms with van der Waals surface area (Å²) in [6.45, 7) is 3.22.